The van der Waals surface area contributed by atoms with Crippen molar-refractivity contribution in [2.45, 2.75) is 6.61 Å². The van der Waals surface area contributed by atoms with Crippen LogP contribution in [0.2, 0.25) is 0 Å². The molecule has 0 N–H and O–H groups in total. The molecule has 1 heteroatoms. The SMILES string of the molecule is C1=c2cccc3c2=c2c(cccc2=C3)CO1. The Morgan fingerprint density at radius 3 is 2.75 bits per heavy atom. The highest BCUT2D eigenvalue weighted by Crippen LogP contribution is 2.12. The van der Waals surface area contributed by atoms with E-state index in [2.05, 4.69) is 42.5 Å². The molecule has 0 unspecified atom stereocenters. The number of ether oxygens (including phenoxy) is 1. The molecular weight excluding hydrogens is 196 g/mol. The third-order valence-electron chi connectivity index (χ3n) is 3.32. The number of hydrogen-bond donors (Lipinski definition) is 0. The highest BCUT2D eigenvalue weighted by molar-refractivity contribution is 5.57. The van der Waals surface area contributed by atoms with Crippen LogP contribution in [0.25, 0.3) is 12.3 Å². The van der Waals surface area contributed by atoms with Gasteiger partial charge in [-0.15, -0.1) is 0 Å². The summed E-state index contributed by atoms with van der Waals surface area (Å²) in [6.07, 6.45) is 4.14. The molecule has 1 aliphatic carbocycles. The zero-order valence-electron chi connectivity index (χ0n) is 8.73. The van der Waals surface area contributed by atoms with Crippen LogP contribution in [-0.4, -0.2) is 0 Å². The van der Waals surface area contributed by atoms with Crippen LogP contribution >= 0.6 is 0 Å². The Kier molecular flexibility index (Phi) is 1.41. The largest absolute Gasteiger partial charge is 0.496 e. The van der Waals surface area contributed by atoms with E-state index in [9.17, 15) is 0 Å². The fourth-order valence-electron chi connectivity index (χ4n) is 2.65. The molecule has 0 radical (unpaired) electrons. The molecule has 0 aromatic heterocycles. The Balaban J connectivity index is 2.49. The quantitative estimate of drug-likeness (QED) is 0.540. The van der Waals surface area contributed by atoms with Gasteiger partial charge in [0.2, 0.25) is 0 Å². The fourth-order valence-corrected chi connectivity index (χ4v) is 2.65. The highest BCUT2D eigenvalue weighted by Gasteiger charge is 2.09. The molecule has 1 nitrogen and oxygen atoms in total. The van der Waals surface area contributed by atoms with Gasteiger partial charge >= 0.3 is 0 Å². The van der Waals surface area contributed by atoms with Crippen LogP contribution < -0.4 is 10.4 Å². The molecule has 2 aromatic rings. The fraction of sp³-hybridized carbons (Fsp3) is 0.0667. The average Bonchev–Trinajstić information content (AvgIpc) is 2.57. The van der Waals surface area contributed by atoms with E-state index in [-0.39, 0.29) is 0 Å². The summed E-state index contributed by atoms with van der Waals surface area (Å²) in [5.74, 6) is 0. The lowest BCUT2D eigenvalue weighted by Crippen LogP contribution is -2.05. The van der Waals surface area contributed by atoms with Crippen LogP contribution in [0.5, 0.6) is 0 Å². The minimum absolute atomic E-state index is 0.672. The lowest BCUT2D eigenvalue weighted by atomic mass is 10.1. The Morgan fingerprint density at radius 2 is 1.75 bits per heavy atom. The zero-order valence-corrected chi connectivity index (χ0v) is 8.73. The van der Waals surface area contributed by atoms with Crippen molar-refractivity contribution in [1.29, 1.82) is 0 Å². The van der Waals surface area contributed by atoms with Crippen LogP contribution in [0.3, 0.4) is 0 Å². The summed E-state index contributed by atoms with van der Waals surface area (Å²) in [6, 6.07) is 12.8. The third-order valence-corrected chi connectivity index (χ3v) is 3.32. The normalized spacial score (nSPS) is 14.2. The Bertz CT molecular complexity index is 800. The molecule has 0 saturated heterocycles. The molecule has 16 heavy (non-hydrogen) atoms. The van der Waals surface area contributed by atoms with Crippen molar-refractivity contribution in [1.82, 2.24) is 0 Å². The van der Waals surface area contributed by atoms with Crippen LogP contribution in [-0.2, 0) is 11.3 Å². The second kappa shape index (κ2) is 2.76. The van der Waals surface area contributed by atoms with Crippen molar-refractivity contribution in [3.05, 3.63) is 68.4 Å². The molecule has 4 rings (SSSR count). The second-order valence-corrected chi connectivity index (χ2v) is 4.27. The second-order valence-electron chi connectivity index (χ2n) is 4.27. The molecule has 1 heterocycles. The van der Waals surface area contributed by atoms with Gasteiger partial charge in [-0.3, -0.25) is 0 Å². The number of hydrogen-bond acceptors (Lipinski definition) is 1. The van der Waals surface area contributed by atoms with Crippen molar-refractivity contribution in [3.8, 4) is 0 Å². The predicted octanol–water partition coefficient (Wildman–Crippen LogP) is 1.38. The van der Waals surface area contributed by atoms with Crippen LogP contribution in [0.4, 0.5) is 0 Å². The topological polar surface area (TPSA) is 9.23 Å². The van der Waals surface area contributed by atoms with E-state index >= 15 is 0 Å². The molecule has 0 amide bonds. The standard InChI is InChI=1S/C15H10O/c1-3-10-7-11-4-2-6-13-9-16-8-12(5-1)14(10)15(11)13/h1-8H,9H2. The summed E-state index contributed by atoms with van der Waals surface area (Å²) in [6.45, 7) is 0.672. The zero-order chi connectivity index (χ0) is 10.5. The molecule has 0 bridgehead atoms. The van der Waals surface area contributed by atoms with E-state index in [4.69, 9.17) is 4.74 Å². The Labute approximate surface area is 92.6 Å². The van der Waals surface area contributed by atoms with Crippen LogP contribution in [0, 0.1) is 10.4 Å². The van der Waals surface area contributed by atoms with E-state index in [1.807, 2.05) is 6.26 Å². The third kappa shape index (κ3) is 0.904. The summed E-state index contributed by atoms with van der Waals surface area (Å²) in [5.41, 5.74) is 2.59. The first-order valence-electron chi connectivity index (χ1n) is 5.48. The monoisotopic (exact) mass is 206 g/mol. The van der Waals surface area contributed by atoms with Gasteiger partial charge in [0, 0.05) is 10.4 Å². The molecular formula is C15H10O. The Morgan fingerprint density at radius 1 is 0.875 bits per heavy atom. The average molecular weight is 206 g/mol. The molecule has 2 aliphatic rings. The van der Waals surface area contributed by atoms with Gasteiger partial charge in [0.25, 0.3) is 0 Å². The molecule has 0 atom stereocenters. The lowest BCUT2D eigenvalue weighted by molar-refractivity contribution is 0.282. The summed E-state index contributed by atoms with van der Waals surface area (Å²) >= 11 is 0. The summed E-state index contributed by atoms with van der Waals surface area (Å²) in [4.78, 5) is 0. The smallest absolute Gasteiger partial charge is 0.113 e. The van der Waals surface area contributed by atoms with Gasteiger partial charge in [0.05, 0.1) is 6.26 Å². The Hall–Kier alpha value is -2.02. The minimum atomic E-state index is 0.672. The van der Waals surface area contributed by atoms with E-state index in [1.54, 1.807) is 0 Å². The first-order valence-corrected chi connectivity index (χ1v) is 5.48. The molecule has 76 valence electrons. The predicted molar refractivity (Wildman–Crippen MR) is 62.6 cm³/mol. The first-order chi connectivity index (χ1) is 7.93. The summed E-state index contributed by atoms with van der Waals surface area (Å²) in [5, 5.41) is 5.21. The van der Waals surface area contributed by atoms with E-state index < -0.39 is 0 Å². The van der Waals surface area contributed by atoms with Gasteiger partial charge in [-0.25, -0.2) is 0 Å². The molecule has 1 aliphatic heterocycles. The van der Waals surface area contributed by atoms with Gasteiger partial charge in [0.15, 0.2) is 0 Å². The maximum Gasteiger partial charge on any atom is 0.113 e. The highest BCUT2D eigenvalue weighted by atomic mass is 16.5. The number of benzene rings is 2. The molecule has 2 aromatic carbocycles. The van der Waals surface area contributed by atoms with Crippen molar-refractivity contribution >= 4 is 12.3 Å². The van der Waals surface area contributed by atoms with Crippen molar-refractivity contribution in [3.63, 3.8) is 0 Å². The van der Waals surface area contributed by atoms with Gasteiger partial charge in [-0.2, -0.15) is 0 Å². The number of rotatable bonds is 0. The van der Waals surface area contributed by atoms with Crippen LogP contribution in [0.15, 0.2) is 36.4 Å². The maximum atomic E-state index is 5.59. The molecule has 0 fully saturated rings. The van der Waals surface area contributed by atoms with Gasteiger partial charge in [0.1, 0.15) is 6.61 Å². The van der Waals surface area contributed by atoms with Crippen molar-refractivity contribution in [2.24, 2.45) is 0 Å². The summed E-state index contributed by atoms with van der Waals surface area (Å²) in [7, 11) is 0. The molecule has 0 saturated carbocycles. The maximum absolute atomic E-state index is 5.59. The van der Waals surface area contributed by atoms with Crippen LogP contribution in [0.1, 0.15) is 11.1 Å². The summed E-state index contributed by atoms with van der Waals surface area (Å²) < 4.78 is 5.59. The minimum Gasteiger partial charge on any atom is -0.496 e. The van der Waals surface area contributed by atoms with Gasteiger partial charge < -0.3 is 4.74 Å². The van der Waals surface area contributed by atoms with E-state index in [1.165, 1.54) is 32.0 Å². The van der Waals surface area contributed by atoms with Gasteiger partial charge in [-0.05, 0) is 27.6 Å². The van der Waals surface area contributed by atoms with E-state index in [0.29, 0.717) is 6.61 Å². The van der Waals surface area contributed by atoms with E-state index in [0.717, 1.165) is 0 Å². The lowest BCUT2D eigenvalue weighted by Gasteiger charge is -1.99. The van der Waals surface area contributed by atoms with Crippen molar-refractivity contribution < 1.29 is 4.74 Å². The first kappa shape index (κ1) is 8.17. The van der Waals surface area contributed by atoms with Crippen molar-refractivity contribution in [2.75, 3.05) is 0 Å². The molecule has 0 spiro atoms. The van der Waals surface area contributed by atoms with Gasteiger partial charge in [-0.1, -0.05) is 36.4 Å².